The highest BCUT2D eigenvalue weighted by atomic mass is 32.2. The molecule has 0 spiro atoms. The normalized spacial score (nSPS) is 12.7. The molecule has 0 unspecified atom stereocenters. The summed E-state index contributed by atoms with van der Waals surface area (Å²) < 4.78 is 27.3. The summed E-state index contributed by atoms with van der Waals surface area (Å²) in [5.74, 6) is 0. The highest BCUT2D eigenvalue weighted by Gasteiger charge is 2.27. The molecule has 0 aliphatic heterocycles. The Kier molecular flexibility index (Phi) is 3.45. The Morgan fingerprint density at radius 3 is 2.32 bits per heavy atom. The van der Waals surface area contributed by atoms with Crippen LogP contribution in [0.5, 0.6) is 0 Å². The Morgan fingerprint density at radius 2 is 1.68 bits per heavy atom. The lowest BCUT2D eigenvalue weighted by Gasteiger charge is -2.13. The van der Waals surface area contributed by atoms with Crippen LogP contribution in [0.25, 0.3) is 11.0 Å². The summed E-state index contributed by atoms with van der Waals surface area (Å²) in [6.45, 7) is 6.57. The molecule has 114 valence electrons. The fourth-order valence-electron chi connectivity index (χ4n) is 2.48. The Balaban J connectivity index is 2.33. The first kappa shape index (κ1) is 15.0. The van der Waals surface area contributed by atoms with Gasteiger partial charge >= 0.3 is 0 Å². The molecule has 1 aromatic carbocycles. The first-order chi connectivity index (χ1) is 10.3. The van der Waals surface area contributed by atoms with E-state index in [0.717, 1.165) is 10.7 Å². The van der Waals surface area contributed by atoms with Crippen LogP contribution in [0.2, 0.25) is 19.6 Å². The number of nitrogens with zero attached hydrogens (tertiary/aromatic N) is 2. The van der Waals surface area contributed by atoms with Gasteiger partial charge in [0.1, 0.15) is 0 Å². The van der Waals surface area contributed by atoms with Crippen molar-refractivity contribution in [2.24, 2.45) is 0 Å². The quantitative estimate of drug-likeness (QED) is 0.694. The van der Waals surface area contributed by atoms with E-state index in [1.165, 1.54) is 3.97 Å². The molecule has 0 atom stereocenters. The molecule has 4 nitrogen and oxygen atoms in total. The van der Waals surface area contributed by atoms with Crippen molar-refractivity contribution in [2.75, 3.05) is 0 Å². The summed E-state index contributed by atoms with van der Waals surface area (Å²) in [5.41, 5.74) is 1.44. The molecule has 0 radical (unpaired) electrons. The van der Waals surface area contributed by atoms with Crippen molar-refractivity contribution in [3.05, 3.63) is 54.9 Å². The van der Waals surface area contributed by atoms with Gasteiger partial charge in [-0.15, -0.1) is 0 Å². The number of benzene rings is 1. The number of hydrogen-bond donors (Lipinski definition) is 0. The smallest absolute Gasteiger partial charge is 0.255 e. The SMILES string of the molecule is C[Si](C)(C)c1cn(S(=O)(=O)c2ccccc2)c2cccnc12. The van der Waals surface area contributed by atoms with E-state index in [9.17, 15) is 8.42 Å². The lowest BCUT2D eigenvalue weighted by molar-refractivity contribution is 0.589. The zero-order chi connectivity index (χ0) is 16.0. The maximum atomic E-state index is 12.9. The first-order valence-electron chi connectivity index (χ1n) is 7.09. The van der Waals surface area contributed by atoms with Gasteiger partial charge in [0.25, 0.3) is 10.0 Å². The van der Waals surface area contributed by atoms with E-state index in [1.54, 1.807) is 42.7 Å². The fraction of sp³-hybridized carbons (Fsp3) is 0.188. The van der Waals surface area contributed by atoms with Gasteiger partial charge in [-0.2, -0.15) is 0 Å². The number of rotatable bonds is 3. The minimum atomic E-state index is -3.61. The van der Waals surface area contributed by atoms with E-state index >= 15 is 0 Å². The van der Waals surface area contributed by atoms with Gasteiger partial charge in [0.05, 0.1) is 24.0 Å². The molecule has 0 saturated carbocycles. The molecule has 0 aliphatic rings. The van der Waals surface area contributed by atoms with Crippen LogP contribution < -0.4 is 5.19 Å². The second-order valence-corrected chi connectivity index (χ2v) is 13.1. The zero-order valence-electron chi connectivity index (χ0n) is 12.8. The first-order valence-corrected chi connectivity index (χ1v) is 12.0. The third kappa shape index (κ3) is 2.38. The lowest BCUT2D eigenvalue weighted by Crippen LogP contribution is -2.37. The third-order valence-corrected chi connectivity index (χ3v) is 7.30. The molecular formula is C16H18N2O2SSi. The van der Waals surface area contributed by atoms with E-state index < -0.39 is 18.1 Å². The number of fused-ring (bicyclic) bond motifs is 1. The summed E-state index contributed by atoms with van der Waals surface area (Å²) >= 11 is 0. The van der Waals surface area contributed by atoms with Crippen molar-refractivity contribution >= 4 is 34.3 Å². The minimum Gasteiger partial charge on any atom is -0.255 e. The zero-order valence-corrected chi connectivity index (χ0v) is 14.6. The fourth-order valence-corrected chi connectivity index (χ4v) is 5.38. The Morgan fingerprint density at radius 1 is 1.00 bits per heavy atom. The van der Waals surface area contributed by atoms with Crippen LogP contribution in [0, 0.1) is 0 Å². The van der Waals surface area contributed by atoms with Crippen LogP contribution in [0.3, 0.4) is 0 Å². The number of aromatic nitrogens is 2. The highest BCUT2D eigenvalue weighted by molar-refractivity contribution is 7.90. The molecule has 2 aromatic heterocycles. The average Bonchev–Trinajstić information content (AvgIpc) is 2.88. The van der Waals surface area contributed by atoms with Gasteiger partial charge in [0.2, 0.25) is 0 Å². The van der Waals surface area contributed by atoms with Crippen LogP contribution in [-0.4, -0.2) is 25.4 Å². The number of hydrogen-bond acceptors (Lipinski definition) is 3. The van der Waals surface area contributed by atoms with Gasteiger partial charge in [0.15, 0.2) is 0 Å². The Bertz CT molecular complexity index is 926. The summed E-state index contributed by atoms with van der Waals surface area (Å²) in [4.78, 5) is 4.71. The van der Waals surface area contributed by atoms with Crippen LogP contribution >= 0.6 is 0 Å². The molecule has 3 aromatic rings. The van der Waals surface area contributed by atoms with Crippen molar-refractivity contribution in [3.8, 4) is 0 Å². The van der Waals surface area contributed by atoms with Gasteiger partial charge in [-0.25, -0.2) is 12.4 Å². The van der Waals surface area contributed by atoms with Crippen molar-refractivity contribution in [1.82, 2.24) is 8.96 Å². The van der Waals surface area contributed by atoms with Gasteiger partial charge < -0.3 is 0 Å². The van der Waals surface area contributed by atoms with Gasteiger partial charge in [-0.1, -0.05) is 37.8 Å². The van der Waals surface area contributed by atoms with E-state index in [-0.39, 0.29) is 4.90 Å². The molecule has 6 heteroatoms. The van der Waals surface area contributed by atoms with E-state index in [4.69, 9.17) is 0 Å². The van der Waals surface area contributed by atoms with E-state index in [2.05, 4.69) is 24.6 Å². The maximum Gasteiger partial charge on any atom is 0.268 e. The van der Waals surface area contributed by atoms with Crippen LogP contribution in [-0.2, 0) is 10.0 Å². The second-order valence-electron chi connectivity index (χ2n) is 6.28. The van der Waals surface area contributed by atoms with Crippen molar-refractivity contribution in [2.45, 2.75) is 24.5 Å². The largest absolute Gasteiger partial charge is 0.268 e. The van der Waals surface area contributed by atoms with Gasteiger partial charge in [-0.05, 0) is 29.5 Å². The van der Waals surface area contributed by atoms with Crippen molar-refractivity contribution < 1.29 is 8.42 Å². The highest BCUT2D eigenvalue weighted by Crippen LogP contribution is 2.21. The molecule has 2 heterocycles. The molecule has 0 amide bonds. The second kappa shape index (κ2) is 5.07. The molecule has 0 bridgehead atoms. The van der Waals surface area contributed by atoms with E-state index in [1.807, 2.05) is 12.1 Å². The van der Waals surface area contributed by atoms with Crippen molar-refractivity contribution in [1.29, 1.82) is 0 Å². The predicted molar refractivity (Wildman–Crippen MR) is 91.7 cm³/mol. The van der Waals surface area contributed by atoms with E-state index in [0.29, 0.717) is 5.52 Å². The summed E-state index contributed by atoms with van der Waals surface area (Å²) in [7, 11) is -5.31. The third-order valence-electron chi connectivity index (χ3n) is 3.63. The number of pyridine rings is 1. The average molecular weight is 330 g/mol. The van der Waals surface area contributed by atoms with Crippen LogP contribution in [0.4, 0.5) is 0 Å². The summed E-state index contributed by atoms with van der Waals surface area (Å²) in [6, 6.07) is 12.1. The maximum absolute atomic E-state index is 12.9. The standard InChI is InChI=1S/C16H18N2O2SSi/c1-22(2,3)15-12-18(14-10-7-11-17-16(14)15)21(19,20)13-8-5-4-6-9-13/h4-12H,1-3H3. The molecule has 0 N–H and O–H groups in total. The molecule has 0 fully saturated rings. The van der Waals surface area contributed by atoms with Gasteiger partial charge in [-0.3, -0.25) is 4.98 Å². The topological polar surface area (TPSA) is 52.0 Å². The predicted octanol–water partition coefficient (Wildman–Crippen LogP) is 2.82. The molecule has 22 heavy (non-hydrogen) atoms. The lowest BCUT2D eigenvalue weighted by atomic mass is 10.4. The molecule has 0 aliphatic carbocycles. The van der Waals surface area contributed by atoms with Crippen molar-refractivity contribution in [3.63, 3.8) is 0 Å². The van der Waals surface area contributed by atoms with Gasteiger partial charge in [0, 0.05) is 12.4 Å². The monoisotopic (exact) mass is 330 g/mol. The summed E-state index contributed by atoms with van der Waals surface area (Å²) in [6.07, 6.45) is 3.47. The summed E-state index contributed by atoms with van der Waals surface area (Å²) in [5, 5.41) is 1.06. The Hall–Kier alpha value is -1.92. The minimum absolute atomic E-state index is 0.290. The Labute approximate surface area is 131 Å². The molecular weight excluding hydrogens is 312 g/mol. The van der Waals surface area contributed by atoms with Crippen LogP contribution in [0.15, 0.2) is 59.8 Å². The molecule has 0 saturated heterocycles. The molecule has 3 rings (SSSR count). The van der Waals surface area contributed by atoms with Crippen LogP contribution in [0.1, 0.15) is 0 Å².